The van der Waals surface area contributed by atoms with Crippen LogP contribution in [-0.2, 0) is 0 Å². The van der Waals surface area contributed by atoms with E-state index >= 15 is 0 Å². The maximum absolute atomic E-state index is 9.15. The molecule has 4 aromatic rings. The first-order valence-electron chi connectivity index (χ1n) is 11.5. The fraction of sp³-hybridized carbons (Fsp3) is 0.214. The van der Waals surface area contributed by atoms with Crippen LogP contribution in [0.3, 0.4) is 0 Å². The SMILES string of the molecule is Cc1ccc(N2c3ccc(-c4ccc(C=C(C#N)C#N)c5nsnc45)cc3C3CCCC32)cc1. The second-order valence-electron chi connectivity index (χ2n) is 9.03. The van der Waals surface area contributed by atoms with Crippen molar-refractivity contribution >= 4 is 40.2 Å². The number of hydrogen-bond donors (Lipinski definition) is 0. The highest BCUT2D eigenvalue weighted by atomic mass is 32.1. The Balaban J connectivity index is 1.46. The first-order chi connectivity index (χ1) is 16.7. The van der Waals surface area contributed by atoms with Crippen molar-refractivity contribution in [2.75, 3.05) is 4.90 Å². The quantitative estimate of drug-likeness (QED) is 0.312. The van der Waals surface area contributed by atoms with Crippen LogP contribution in [0.4, 0.5) is 11.4 Å². The highest BCUT2D eigenvalue weighted by molar-refractivity contribution is 7.00. The molecule has 1 saturated carbocycles. The van der Waals surface area contributed by atoms with E-state index in [9.17, 15) is 0 Å². The Morgan fingerprint density at radius 2 is 1.79 bits per heavy atom. The molecule has 2 aliphatic rings. The second-order valence-corrected chi connectivity index (χ2v) is 9.56. The molecule has 3 aromatic carbocycles. The summed E-state index contributed by atoms with van der Waals surface area (Å²) in [7, 11) is 0. The number of nitriles is 2. The van der Waals surface area contributed by atoms with E-state index < -0.39 is 0 Å². The van der Waals surface area contributed by atoms with Crippen molar-refractivity contribution in [3.05, 3.63) is 76.9 Å². The van der Waals surface area contributed by atoms with Crippen molar-refractivity contribution in [3.63, 3.8) is 0 Å². The first-order valence-corrected chi connectivity index (χ1v) is 12.2. The number of nitrogens with zero attached hydrogens (tertiary/aromatic N) is 5. The average molecular weight is 460 g/mol. The molecule has 2 unspecified atom stereocenters. The third-order valence-electron chi connectivity index (χ3n) is 7.11. The van der Waals surface area contributed by atoms with Gasteiger partial charge in [0, 0.05) is 34.5 Å². The van der Waals surface area contributed by atoms with E-state index in [0.29, 0.717) is 12.0 Å². The third kappa shape index (κ3) is 3.19. The molecule has 0 saturated heterocycles. The van der Waals surface area contributed by atoms with Gasteiger partial charge < -0.3 is 4.90 Å². The van der Waals surface area contributed by atoms with Gasteiger partial charge in [0.2, 0.25) is 0 Å². The maximum Gasteiger partial charge on any atom is 0.130 e. The molecule has 0 amide bonds. The van der Waals surface area contributed by atoms with Crippen molar-refractivity contribution in [1.29, 1.82) is 10.5 Å². The lowest BCUT2D eigenvalue weighted by Gasteiger charge is -2.27. The van der Waals surface area contributed by atoms with Gasteiger partial charge in [-0.2, -0.15) is 19.3 Å². The molecule has 0 N–H and O–H groups in total. The summed E-state index contributed by atoms with van der Waals surface area (Å²) >= 11 is 1.15. The Morgan fingerprint density at radius 1 is 1.00 bits per heavy atom. The fourth-order valence-corrected chi connectivity index (χ4v) is 6.13. The van der Waals surface area contributed by atoms with Crippen molar-refractivity contribution < 1.29 is 0 Å². The van der Waals surface area contributed by atoms with Crippen LogP contribution in [0.1, 0.15) is 41.9 Å². The van der Waals surface area contributed by atoms with E-state index in [1.54, 1.807) is 6.08 Å². The van der Waals surface area contributed by atoms with Crippen LogP contribution < -0.4 is 4.90 Å². The lowest BCUT2D eigenvalue weighted by Crippen LogP contribution is -2.26. The van der Waals surface area contributed by atoms with Gasteiger partial charge in [0.15, 0.2) is 0 Å². The van der Waals surface area contributed by atoms with Gasteiger partial charge in [-0.25, -0.2) is 0 Å². The second kappa shape index (κ2) is 8.09. The number of allylic oxidation sites excluding steroid dienone is 1. The molecule has 6 heteroatoms. The Bertz CT molecular complexity index is 1520. The summed E-state index contributed by atoms with van der Waals surface area (Å²) < 4.78 is 9.04. The minimum absolute atomic E-state index is 0.0584. The average Bonchev–Trinajstić information content (AvgIpc) is 3.59. The minimum atomic E-state index is 0.0584. The predicted octanol–water partition coefficient (Wildman–Crippen LogP) is 6.89. The molecular formula is C28H21N5S. The van der Waals surface area contributed by atoms with Gasteiger partial charge in [0.1, 0.15) is 28.7 Å². The highest BCUT2D eigenvalue weighted by Gasteiger charge is 2.42. The Labute approximate surface area is 202 Å². The molecule has 2 atom stereocenters. The molecule has 6 rings (SSSR count). The van der Waals surface area contributed by atoms with Gasteiger partial charge in [-0.3, -0.25) is 0 Å². The van der Waals surface area contributed by atoms with Crippen LogP contribution >= 0.6 is 11.7 Å². The molecule has 0 radical (unpaired) electrons. The van der Waals surface area contributed by atoms with Gasteiger partial charge in [-0.1, -0.05) is 42.3 Å². The van der Waals surface area contributed by atoms with Crippen LogP contribution in [0.2, 0.25) is 0 Å². The zero-order valence-corrected chi connectivity index (χ0v) is 19.5. The van der Waals surface area contributed by atoms with Gasteiger partial charge in [0.25, 0.3) is 0 Å². The third-order valence-corrected chi connectivity index (χ3v) is 7.64. The molecule has 1 aliphatic heterocycles. The molecule has 34 heavy (non-hydrogen) atoms. The smallest absolute Gasteiger partial charge is 0.130 e. The zero-order chi connectivity index (χ0) is 23.2. The summed E-state index contributed by atoms with van der Waals surface area (Å²) in [4.78, 5) is 2.54. The van der Waals surface area contributed by atoms with E-state index in [2.05, 4.69) is 63.0 Å². The predicted molar refractivity (Wildman–Crippen MR) is 136 cm³/mol. The summed E-state index contributed by atoms with van der Waals surface area (Å²) in [5.41, 5.74) is 9.76. The number of aromatic nitrogens is 2. The fourth-order valence-electron chi connectivity index (χ4n) is 5.55. The lowest BCUT2D eigenvalue weighted by atomic mass is 9.93. The monoisotopic (exact) mass is 459 g/mol. The molecule has 0 bridgehead atoms. The van der Waals surface area contributed by atoms with E-state index in [4.69, 9.17) is 10.5 Å². The van der Waals surface area contributed by atoms with Crippen LogP contribution in [0, 0.1) is 29.6 Å². The van der Waals surface area contributed by atoms with Crippen molar-refractivity contribution in [3.8, 4) is 23.3 Å². The first kappa shape index (κ1) is 20.6. The van der Waals surface area contributed by atoms with Gasteiger partial charge in [-0.05, 0) is 61.2 Å². The summed E-state index contributed by atoms with van der Waals surface area (Å²) in [6, 6.07) is 24.0. The van der Waals surface area contributed by atoms with Crippen LogP contribution in [-0.4, -0.2) is 14.8 Å². The van der Waals surface area contributed by atoms with Gasteiger partial charge in [-0.15, -0.1) is 0 Å². The molecule has 1 aromatic heterocycles. The normalized spacial score (nSPS) is 18.3. The van der Waals surface area contributed by atoms with Gasteiger partial charge >= 0.3 is 0 Å². The van der Waals surface area contributed by atoms with Crippen molar-refractivity contribution in [2.45, 2.75) is 38.1 Å². The number of anilines is 2. The number of fused-ring (bicyclic) bond motifs is 4. The van der Waals surface area contributed by atoms with E-state index in [1.807, 2.05) is 24.3 Å². The Hall–Kier alpha value is -4.00. The number of hydrogen-bond acceptors (Lipinski definition) is 6. The Kier molecular flexibility index (Phi) is 4.90. The topological polar surface area (TPSA) is 76.6 Å². The molecule has 5 nitrogen and oxygen atoms in total. The van der Waals surface area contributed by atoms with Crippen molar-refractivity contribution in [2.24, 2.45) is 0 Å². The highest BCUT2D eigenvalue weighted by Crippen LogP contribution is 2.53. The molecule has 0 spiro atoms. The lowest BCUT2D eigenvalue weighted by molar-refractivity contribution is 0.642. The summed E-state index contributed by atoms with van der Waals surface area (Å²) in [6.07, 6.45) is 5.26. The maximum atomic E-state index is 9.15. The molecule has 2 heterocycles. The van der Waals surface area contributed by atoms with E-state index in [-0.39, 0.29) is 5.57 Å². The molecule has 164 valence electrons. The van der Waals surface area contributed by atoms with Crippen LogP contribution in [0.15, 0.2) is 60.2 Å². The number of rotatable bonds is 3. The standard InChI is InChI=1S/C28H21N5S/c1-17-5-9-21(10-6-17)33-25-4-2-3-23(25)24-14-19(8-12-26(24)33)22-11-7-20(13-18(15-29)16-30)27-28(22)32-34-31-27/h5-14,23,25H,2-4H2,1H3. The van der Waals surface area contributed by atoms with E-state index in [1.165, 1.54) is 41.8 Å². The minimum Gasteiger partial charge on any atom is -0.338 e. The summed E-state index contributed by atoms with van der Waals surface area (Å²) in [5, 5.41) is 18.3. The Morgan fingerprint density at radius 3 is 2.59 bits per heavy atom. The van der Waals surface area contributed by atoms with Crippen LogP contribution in [0.25, 0.3) is 28.2 Å². The summed E-state index contributed by atoms with van der Waals surface area (Å²) in [6.45, 7) is 2.13. The number of benzene rings is 3. The molecular weight excluding hydrogens is 438 g/mol. The van der Waals surface area contributed by atoms with Gasteiger partial charge in [0.05, 0.1) is 11.7 Å². The van der Waals surface area contributed by atoms with Crippen molar-refractivity contribution in [1.82, 2.24) is 8.75 Å². The summed E-state index contributed by atoms with van der Waals surface area (Å²) in [5.74, 6) is 0.538. The zero-order valence-electron chi connectivity index (χ0n) is 18.7. The largest absolute Gasteiger partial charge is 0.338 e. The number of aryl methyl sites for hydroxylation is 1. The molecule has 1 aliphatic carbocycles. The van der Waals surface area contributed by atoms with E-state index in [0.717, 1.165) is 39.5 Å². The van der Waals surface area contributed by atoms with Crippen LogP contribution in [0.5, 0.6) is 0 Å². The molecule has 1 fully saturated rings.